The van der Waals surface area contributed by atoms with E-state index in [0.29, 0.717) is 24.5 Å². The highest BCUT2D eigenvalue weighted by Crippen LogP contribution is 2.26. The van der Waals surface area contributed by atoms with Crippen molar-refractivity contribution < 1.29 is 4.74 Å². The van der Waals surface area contributed by atoms with Crippen LogP contribution in [0.1, 0.15) is 19.4 Å². The molecule has 0 radical (unpaired) electrons. The Morgan fingerprint density at radius 3 is 2.62 bits per heavy atom. The minimum absolute atomic E-state index is 0.301. The molecule has 21 heavy (non-hydrogen) atoms. The van der Waals surface area contributed by atoms with E-state index in [2.05, 4.69) is 41.5 Å². The molecule has 0 aliphatic rings. The fourth-order valence-corrected chi connectivity index (χ4v) is 2.04. The van der Waals surface area contributed by atoms with Crippen LogP contribution in [-0.4, -0.2) is 28.1 Å². The molecule has 0 saturated carbocycles. The number of benzene rings is 1. The summed E-state index contributed by atoms with van der Waals surface area (Å²) in [7, 11) is 0. The number of halogens is 1. The van der Waals surface area contributed by atoms with Gasteiger partial charge in [0.1, 0.15) is 0 Å². The standard InChI is InChI=1S/C14H18BrN5O/c1-4-16-12-18-13(20-14(19-12)21-5-2)17-11-8-9(3)6-7-10(11)15/h6-8H,4-5H2,1-3H3,(H2,16,17,18,19,20). The van der Waals surface area contributed by atoms with Crippen LogP contribution >= 0.6 is 15.9 Å². The number of anilines is 3. The van der Waals surface area contributed by atoms with E-state index in [9.17, 15) is 0 Å². The van der Waals surface area contributed by atoms with Gasteiger partial charge in [-0.15, -0.1) is 0 Å². The second-order valence-corrected chi connectivity index (χ2v) is 5.19. The zero-order chi connectivity index (χ0) is 15.2. The second kappa shape index (κ2) is 7.21. The van der Waals surface area contributed by atoms with E-state index in [1.165, 1.54) is 0 Å². The Morgan fingerprint density at radius 2 is 1.90 bits per heavy atom. The van der Waals surface area contributed by atoms with Gasteiger partial charge >= 0.3 is 6.01 Å². The topological polar surface area (TPSA) is 72.0 Å². The molecule has 0 aliphatic heterocycles. The Bertz CT molecular complexity index is 596. The predicted octanol–water partition coefficient (Wildman–Crippen LogP) is 3.52. The van der Waals surface area contributed by atoms with E-state index in [0.717, 1.165) is 22.3 Å². The van der Waals surface area contributed by atoms with Crippen LogP contribution in [0.15, 0.2) is 22.7 Å². The van der Waals surface area contributed by atoms with Crippen molar-refractivity contribution in [1.29, 1.82) is 0 Å². The lowest BCUT2D eigenvalue weighted by molar-refractivity contribution is 0.312. The molecule has 0 atom stereocenters. The average Bonchev–Trinajstić information content (AvgIpc) is 2.43. The molecule has 7 heteroatoms. The highest BCUT2D eigenvalue weighted by Gasteiger charge is 2.09. The molecule has 1 heterocycles. The summed E-state index contributed by atoms with van der Waals surface area (Å²) in [5.74, 6) is 0.929. The summed E-state index contributed by atoms with van der Waals surface area (Å²) in [4.78, 5) is 12.8. The maximum atomic E-state index is 5.37. The number of aromatic nitrogens is 3. The van der Waals surface area contributed by atoms with Gasteiger partial charge in [-0.3, -0.25) is 0 Å². The van der Waals surface area contributed by atoms with E-state index < -0.39 is 0 Å². The van der Waals surface area contributed by atoms with Gasteiger partial charge in [0, 0.05) is 11.0 Å². The third-order valence-electron chi connectivity index (χ3n) is 2.59. The minimum atomic E-state index is 0.301. The van der Waals surface area contributed by atoms with Crippen LogP contribution in [0.5, 0.6) is 6.01 Å². The van der Waals surface area contributed by atoms with E-state index in [1.54, 1.807) is 0 Å². The molecule has 6 nitrogen and oxygen atoms in total. The number of rotatable bonds is 6. The number of nitrogens with zero attached hydrogens (tertiary/aromatic N) is 3. The number of aryl methyl sites for hydroxylation is 1. The van der Waals surface area contributed by atoms with Crippen molar-refractivity contribution in [2.24, 2.45) is 0 Å². The Balaban J connectivity index is 2.31. The molecule has 0 spiro atoms. The summed E-state index contributed by atoms with van der Waals surface area (Å²) in [6.07, 6.45) is 0. The first-order valence-corrected chi connectivity index (χ1v) is 7.57. The first kappa shape index (κ1) is 15.5. The molecule has 1 aromatic heterocycles. The van der Waals surface area contributed by atoms with Crippen LogP contribution < -0.4 is 15.4 Å². The third kappa shape index (κ3) is 4.29. The zero-order valence-electron chi connectivity index (χ0n) is 12.3. The number of hydrogen-bond acceptors (Lipinski definition) is 6. The van der Waals surface area contributed by atoms with E-state index in [4.69, 9.17) is 4.74 Å². The molecular formula is C14H18BrN5O. The maximum absolute atomic E-state index is 5.37. The van der Waals surface area contributed by atoms with Gasteiger partial charge < -0.3 is 15.4 Å². The predicted molar refractivity (Wildman–Crippen MR) is 87.3 cm³/mol. The normalized spacial score (nSPS) is 10.3. The summed E-state index contributed by atoms with van der Waals surface area (Å²) in [5, 5.41) is 6.25. The van der Waals surface area contributed by atoms with E-state index >= 15 is 0 Å². The molecule has 0 bridgehead atoms. The van der Waals surface area contributed by atoms with Gasteiger partial charge in [0.15, 0.2) is 0 Å². The number of nitrogens with one attached hydrogen (secondary N) is 2. The SMILES string of the molecule is CCNc1nc(Nc2cc(C)ccc2Br)nc(OCC)n1. The lowest BCUT2D eigenvalue weighted by Crippen LogP contribution is -2.09. The molecule has 0 saturated heterocycles. The highest BCUT2D eigenvalue weighted by molar-refractivity contribution is 9.10. The Kier molecular flexibility index (Phi) is 5.32. The minimum Gasteiger partial charge on any atom is -0.464 e. The van der Waals surface area contributed by atoms with Crippen molar-refractivity contribution >= 4 is 33.5 Å². The maximum Gasteiger partial charge on any atom is 0.323 e. The fourth-order valence-electron chi connectivity index (χ4n) is 1.70. The van der Waals surface area contributed by atoms with Crippen LogP contribution in [0.2, 0.25) is 0 Å². The summed E-state index contributed by atoms with van der Waals surface area (Å²) in [6.45, 7) is 7.13. The van der Waals surface area contributed by atoms with Crippen molar-refractivity contribution in [1.82, 2.24) is 15.0 Å². The molecular weight excluding hydrogens is 334 g/mol. The Labute approximate surface area is 132 Å². The molecule has 0 aliphatic carbocycles. The summed E-state index contributed by atoms with van der Waals surface area (Å²) in [5.41, 5.74) is 2.04. The molecule has 2 rings (SSSR count). The quantitative estimate of drug-likeness (QED) is 0.829. The third-order valence-corrected chi connectivity index (χ3v) is 3.28. The van der Waals surface area contributed by atoms with Gasteiger partial charge in [-0.2, -0.15) is 15.0 Å². The van der Waals surface area contributed by atoms with Gasteiger partial charge in [-0.1, -0.05) is 6.07 Å². The highest BCUT2D eigenvalue weighted by atomic mass is 79.9. The van der Waals surface area contributed by atoms with Gasteiger partial charge in [0.25, 0.3) is 0 Å². The van der Waals surface area contributed by atoms with Crippen LogP contribution in [-0.2, 0) is 0 Å². The lowest BCUT2D eigenvalue weighted by atomic mass is 10.2. The van der Waals surface area contributed by atoms with Crippen molar-refractivity contribution in [3.63, 3.8) is 0 Å². The van der Waals surface area contributed by atoms with Crippen LogP contribution in [0.25, 0.3) is 0 Å². The number of hydrogen-bond donors (Lipinski definition) is 2. The first-order valence-electron chi connectivity index (χ1n) is 6.78. The lowest BCUT2D eigenvalue weighted by Gasteiger charge is -2.11. The molecule has 2 N–H and O–H groups in total. The summed E-state index contributed by atoms with van der Waals surface area (Å²) < 4.78 is 6.31. The smallest absolute Gasteiger partial charge is 0.323 e. The van der Waals surface area contributed by atoms with Crippen LogP contribution in [0.3, 0.4) is 0 Å². The molecule has 1 aromatic carbocycles. The molecule has 112 valence electrons. The van der Waals surface area contributed by atoms with Gasteiger partial charge in [-0.25, -0.2) is 0 Å². The molecule has 2 aromatic rings. The summed E-state index contributed by atoms with van der Waals surface area (Å²) in [6, 6.07) is 6.32. The zero-order valence-corrected chi connectivity index (χ0v) is 13.9. The van der Waals surface area contributed by atoms with Crippen molar-refractivity contribution in [3.05, 3.63) is 28.2 Å². The van der Waals surface area contributed by atoms with E-state index in [1.807, 2.05) is 39.0 Å². The van der Waals surface area contributed by atoms with Gasteiger partial charge in [-0.05, 0) is 54.4 Å². The monoisotopic (exact) mass is 351 g/mol. The average molecular weight is 352 g/mol. The van der Waals surface area contributed by atoms with Crippen molar-refractivity contribution in [2.45, 2.75) is 20.8 Å². The fraction of sp³-hybridized carbons (Fsp3) is 0.357. The van der Waals surface area contributed by atoms with Gasteiger partial charge in [0.2, 0.25) is 11.9 Å². The van der Waals surface area contributed by atoms with Crippen molar-refractivity contribution in [2.75, 3.05) is 23.8 Å². The second-order valence-electron chi connectivity index (χ2n) is 4.34. The van der Waals surface area contributed by atoms with Crippen molar-refractivity contribution in [3.8, 4) is 6.01 Å². The van der Waals surface area contributed by atoms with Gasteiger partial charge in [0.05, 0.1) is 12.3 Å². The van der Waals surface area contributed by atoms with Crippen LogP contribution in [0.4, 0.5) is 17.6 Å². The largest absolute Gasteiger partial charge is 0.464 e. The number of ether oxygens (including phenoxy) is 1. The molecule has 0 amide bonds. The summed E-state index contributed by atoms with van der Waals surface area (Å²) >= 11 is 3.51. The first-order chi connectivity index (χ1) is 10.1. The van der Waals surface area contributed by atoms with Crippen LogP contribution in [0, 0.1) is 6.92 Å². The molecule has 0 unspecified atom stereocenters. The Morgan fingerprint density at radius 1 is 1.14 bits per heavy atom. The van der Waals surface area contributed by atoms with E-state index in [-0.39, 0.29) is 0 Å². The Hall–Kier alpha value is -1.89. The molecule has 0 fully saturated rings.